The molecule has 0 aromatic heterocycles. The third kappa shape index (κ3) is 2.71. The van der Waals surface area contributed by atoms with Crippen molar-refractivity contribution < 1.29 is 9.90 Å². The van der Waals surface area contributed by atoms with Gasteiger partial charge in [0.15, 0.2) is 0 Å². The Morgan fingerprint density at radius 1 is 1.40 bits per heavy atom. The Hall–Kier alpha value is -0.570. The summed E-state index contributed by atoms with van der Waals surface area (Å²) in [6, 6.07) is -0.0650. The maximum Gasteiger partial charge on any atom is 0.223 e. The van der Waals surface area contributed by atoms with Crippen molar-refractivity contribution in [3.05, 3.63) is 0 Å². The normalized spacial score (nSPS) is 26.9. The molecule has 3 atom stereocenters. The van der Waals surface area contributed by atoms with E-state index in [9.17, 15) is 9.90 Å². The minimum absolute atomic E-state index is 0.0650. The number of hydrogen-bond acceptors (Lipinski definition) is 2. The van der Waals surface area contributed by atoms with Crippen molar-refractivity contribution in [3.63, 3.8) is 0 Å². The Bertz CT molecular complexity index is 242. The van der Waals surface area contributed by atoms with Gasteiger partial charge in [0.2, 0.25) is 5.91 Å². The van der Waals surface area contributed by atoms with Crippen LogP contribution in [0.2, 0.25) is 0 Å². The zero-order valence-corrected chi connectivity index (χ0v) is 10.4. The third-order valence-electron chi connectivity index (χ3n) is 3.57. The van der Waals surface area contributed by atoms with Crippen LogP contribution in [0.25, 0.3) is 0 Å². The fourth-order valence-electron chi connectivity index (χ4n) is 1.97. The lowest BCUT2D eigenvalue weighted by Crippen LogP contribution is -2.41. The average Bonchev–Trinajstić information content (AvgIpc) is 2.45. The van der Waals surface area contributed by atoms with Crippen LogP contribution in [0, 0.1) is 11.3 Å². The van der Waals surface area contributed by atoms with Gasteiger partial charge in [0.25, 0.3) is 0 Å². The van der Waals surface area contributed by atoms with Crippen LogP contribution in [0.3, 0.4) is 0 Å². The van der Waals surface area contributed by atoms with Gasteiger partial charge in [-0.25, -0.2) is 0 Å². The van der Waals surface area contributed by atoms with E-state index in [1.54, 1.807) is 6.92 Å². The van der Waals surface area contributed by atoms with E-state index in [0.29, 0.717) is 12.3 Å². The lowest BCUT2D eigenvalue weighted by molar-refractivity contribution is -0.131. The monoisotopic (exact) mass is 213 g/mol. The number of aliphatic hydroxyl groups excluding tert-OH is 1. The summed E-state index contributed by atoms with van der Waals surface area (Å²) in [7, 11) is 0. The van der Waals surface area contributed by atoms with E-state index >= 15 is 0 Å². The maximum absolute atomic E-state index is 11.8. The van der Waals surface area contributed by atoms with Crippen LogP contribution in [-0.2, 0) is 4.79 Å². The highest BCUT2D eigenvalue weighted by Gasteiger charge is 2.39. The maximum atomic E-state index is 11.8. The van der Waals surface area contributed by atoms with Gasteiger partial charge in [0, 0.05) is 13.0 Å². The summed E-state index contributed by atoms with van der Waals surface area (Å²) in [4.78, 5) is 13.6. The van der Waals surface area contributed by atoms with E-state index < -0.39 is 6.10 Å². The number of hydrogen-bond donors (Lipinski definition) is 1. The van der Waals surface area contributed by atoms with Crippen molar-refractivity contribution in [2.75, 3.05) is 6.54 Å². The predicted octanol–water partition coefficient (Wildman–Crippen LogP) is 1.65. The molecule has 0 aromatic rings. The smallest absolute Gasteiger partial charge is 0.223 e. The first-order chi connectivity index (χ1) is 6.73. The number of nitrogens with zero attached hydrogens (tertiary/aromatic N) is 1. The summed E-state index contributed by atoms with van der Waals surface area (Å²) in [5.41, 5.74) is 0.169. The summed E-state index contributed by atoms with van der Waals surface area (Å²) in [5, 5.41) is 9.49. The molecule has 3 heteroatoms. The molecule has 88 valence electrons. The van der Waals surface area contributed by atoms with Crippen LogP contribution < -0.4 is 0 Å². The second-order valence-electron chi connectivity index (χ2n) is 5.79. The van der Waals surface area contributed by atoms with Gasteiger partial charge in [-0.05, 0) is 25.2 Å². The average molecular weight is 213 g/mol. The van der Waals surface area contributed by atoms with Crippen molar-refractivity contribution in [2.45, 2.75) is 53.2 Å². The topological polar surface area (TPSA) is 40.5 Å². The molecule has 0 aromatic carbocycles. The van der Waals surface area contributed by atoms with E-state index in [1.165, 1.54) is 0 Å². The summed E-state index contributed by atoms with van der Waals surface area (Å²) in [6.45, 7) is 10.9. The molecule has 0 aliphatic carbocycles. The van der Waals surface area contributed by atoms with E-state index in [1.807, 2.05) is 11.8 Å². The van der Waals surface area contributed by atoms with Crippen LogP contribution in [0.5, 0.6) is 0 Å². The van der Waals surface area contributed by atoms with Gasteiger partial charge in [-0.1, -0.05) is 20.8 Å². The number of rotatable bonds is 2. The summed E-state index contributed by atoms with van der Waals surface area (Å²) >= 11 is 0. The summed E-state index contributed by atoms with van der Waals surface area (Å²) in [5.74, 6) is 0.592. The molecule has 3 nitrogen and oxygen atoms in total. The molecule has 3 unspecified atom stereocenters. The molecule has 1 fully saturated rings. The molecule has 1 aliphatic rings. The van der Waals surface area contributed by atoms with Crippen LogP contribution in [0.4, 0.5) is 0 Å². The first-order valence-corrected chi connectivity index (χ1v) is 5.71. The van der Waals surface area contributed by atoms with Gasteiger partial charge in [-0.2, -0.15) is 0 Å². The van der Waals surface area contributed by atoms with Crippen molar-refractivity contribution in [1.29, 1.82) is 0 Å². The Morgan fingerprint density at radius 3 is 2.27 bits per heavy atom. The molecule has 0 spiro atoms. The number of carbonyl (C=O) groups excluding carboxylic acids is 1. The zero-order chi connectivity index (χ0) is 11.8. The Balaban J connectivity index is 2.69. The Kier molecular flexibility index (Phi) is 3.44. The Morgan fingerprint density at radius 2 is 1.93 bits per heavy atom. The molecule has 1 amide bonds. The molecule has 1 heterocycles. The first-order valence-electron chi connectivity index (χ1n) is 5.71. The number of likely N-dealkylation sites (tertiary alicyclic amines) is 1. The minimum atomic E-state index is -0.451. The van der Waals surface area contributed by atoms with E-state index in [2.05, 4.69) is 20.8 Å². The van der Waals surface area contributed by atoms with Crippen molar-refractivity contribution in [1.82, 2.24) is 4.90 Å². The van der Waals surface area contributed by atoms with Crippen LogP contribution in [-0.4, -0.2) is 34.6 Å². The van der Waals surface area contributed by atoms with E-state index in [0.717, 1.165) is 6.54 Å². The molecule has 1 N–H and O–H groups in total. The minimum Gasteiger partial charge on any atom is -0.391 e. The third-order valence-corrected chi connectivity index (χ3v) is 3.57. The highest BCUT2D eigenvalue weighted by molar-refractivity contribution is 5.79. The largest absolute Gasteiger partial charge is 0.391 e. The van der Waals surface area contributed by atoms with Crippen molar-refractivity contribution in [3.8, 4) is 0 Å². The van der Waals surface area contributed by atoms with Crippen molar-refractivity contribution in [2.24, 2.45) is 11.3 Å². The van der Waals surface area contributed by atoms with E-state index in [4.69, 9.17) is 0 Å². The van der Waals surface area contributed by atoms with Gasteiger partial charge < -0.3 is 10.0 Å². The standard InChI is InChI=1S/C12H23NO2/c1-8(9(2)14)13-7-10(6-11(13)15)12(3,4)5/h8-10,14H,6-7H2,1-5H3. The molecule has 1 aliphatic heterocycles. The van der Waals surface area contributed by atoms with Crippen LogP contribution in [0.1, 0.15) is 41.0 Å². The second kappa shape index (κ2) is 4.12. The summed E-state index contributed by atoms with van der Waals surface area (Å²) in [6.07, 6.45) is 0.174. The molecule has 0 saturated carbocycles. The second-order valence-corrected chi connectivity index (χ2v) is 5.79. The highest BCUT2D eigenvalue weighted by atomic mass is 16.3. The molecule has 0 bridgehead atoms. The fourth-order valence-corrected chi connectivity index (χ4v) is 1.97. The number of carbonyl (C=O) groups is 1. The molecule has 15 heavy (non-hydrogen) atoms. The lowest BCUT2D eigenvalue weighted by Gasteiger charge is -2.30. The van der Waals surface area contributed by atoms with Gasteiger partial charge >= 0.3 is 0 Å². The first kappa shape index (κ1) is 12.5. The summed E-state index contributed by atoms with van der Waals surface area (Å²) < 4.78 is 0. The fraction of sp³-hybridized carbons (Fsp3) is 0.917. The van der Waals surface area contributed by atoms with E-state index in [-0.39, 0.29) is 17.4 Å². The van der Waals surface area contributed by atoms with Crippen LogP contribution >= 0.6 is 0 Å². The molecule has 0 radical (unpaired) electrons. The van der Waals surface area contributed by atoms with Gasteiger partial charge in [0.1, 0.15) is 0 Å². The van der Waals surface area contributed by atoms with Crippen molar-refractivity contribution >= 4 is 5.91 Å². The van der Waals surface area contributed by atoms with Gasteiger partial charge in [0.05, 0.1) is 12.1 Å². The predicted molar refractivity (Wildman–Crippen MR) is 60.4 cm³/mol. The Labute approximate surface area is 92.5 Å². The van der Waals surface area contributed by atoms with Crippen LogP contribution in [0.15, 0.2) is 0 Å². The number of amides is 1. The highest BCUT2D eigenvalue weighted by Crippen LogP contribution is 2.35. The SMILES string of the molecule is CC(O)C(C)N1CC(C(C)(C)C)CC1=O. The molecule has 1 saturated heterocycles. The quantitative estimate of drug-likeness (QED) is 0.757. The number of aliphatic hydroxyl groups is 1. The van der Waals surface area contributed by atoms with Gasteiger partial charge in [-0.3, -0.25) is 4.79 Å². The molecular weight excluding hydrogens is 190 g/mol. The molecule has 1 rings (SSSR count). The lowest BCUT2D eigenvalue weighted by atomic mass is 9.80. The van der Waals surface area contributed by atoms with Gasteiger partial charge in [-0.15, -0.1) is 0 Å². The zero-order valence-electron chi connectivity index (χ0n) is 10.4. The molecular formula is C12H23NO2.